The lowest BCUT2D eigenvalue weighted by Gasteiger charge is -2.14. The lowest BCUT2D eigenvalue weighted by atomic mass is 10.1. The van der Waals surface area contributed by atoms with Crippen molar-refractivity contribution in [2.45, 2.75) is 0 Å². The Balaban J connectivity index is 3.37. The van der Waals surface area contributed by atoms with Gasteiger partial charge in [-0.1, -0.05) is 12.1 Å². The maximum Gasteiger partial charge on any atom is 0.151 e. The van der Waals surface area contributed by atoms with Crippen molar-refractivity contribution in [1.82, 2.24) is 0 Å². The number of carbonyl (C=O) groups is 1. The fourth-order valence-corrected chi connectivity index (χ4v) is 1.15. The summed E-state index contributed by atoms with van der Waals surface area (Å²) < 4.78 is 0. The first-order valence-electron chi connectivity index (χ1n) is 3.86. The summed E-state index contributed by atoms with van der Waals surface area (Å²) in [5.41, 5.74) is 1.64. The largest absolute Gasteiger partial charge is 0.377 e. The first-order chi connectivity index (χ1) is 6.20. The molecule has 0 saturated heterocycles. The van der Waals surface area contributed by atoms with Crippen LogP contribution in [0, 0.1) is 11.3 Å². The number of nitrogens with zero attached hydrogens (tertiary/aromatic N) is 2. The third-order valence-corrected chi connectivity index (χ3v) is 1.80. The zero-order valence-electron chi connectivity index (χ0n) is 7.61. The van der Waals surface area contributed by atoms with Gasteiger partial charge in [-0.15, -0.1) is 0 Å². The van der Waals surface area contributed by atoms with Gasteiger partial charge in [0.25, 0.3) is 0 Å². The zero-order valence-corrected chi connectivity index (χ0v) is 7.61. The average Bonchev–Trinajstić information content (AvgIpc) is 2.16. The molecule has 3 nitrogen and oxygen atoms in total. The first kappa shape index (κ1) is 9.27. The molecule has 0 aliphatic heterocycles. The van der Waals surface area contributed by atoms with Gasteiger partial charge in [0.05, 0.1) is 11.3 Å². The van der Waals surface area contributed by atoms with Gasteiger partial charge in [-0.05, 0) is 6.07 Å². The van der Waals surface area contributed by atoms with Crippen LogP contribution < -0.4 is 4.90 Å². The molecule has 0 aromatic heterocycles. The average molecular weight is 174 g/mol. The van der Waals surface area contributed by atoms with Crippen LogP contribution in [0.25, 0.3) is 0 Å². The second-order valence-corrected chi connectivity index (χ2v) is 2.87. The smallest absolute Gasteiger partial charge is 0.151 e. The van der Waals surface area contributed by atoms with E-state index >= 15 is 0 Å². The van der Waals surface area contributed by atoms with E-state index in [2.05, 4.69) is 0 Å². The van der Waals surface area contributed by atoms with Crippen molar-refractivity contribution >= 4 is 12.0 Å². The Kier molecular flexibility index (Phi) is 2.65. The zero-order chi connectivity index (χ0) is 9.84. The topological polar surface area (TPSA) is 44.1 Å². The molecule has 0 fully saturated rings. The molecule has 0 N–H and O–H groups in total. The SMILES string of the molecule is CN(C)c1cccc(C=O)c1C#N. The molecule has 0 bridgehead atoms. The molecular weight excluding hydrogens is 164 g/mol. The fraction of sp³-hybridized carbons (Fsp3) is 0.200. The Bertz CT molecular complexity index is 364. The maximum atomic E-state index is 10.6. The molecule has 0 radical (unpaired) electrons. The second kappa shape index (κ2) is 3.72. The summed E-state index contributed by atoms with van der Waals surface area (Å²) >= 11 is 0. The van der Waals surface area contributed by atoms with Gasteiger partial charge in [-0.25, -0.2) is 0 Å². The maximum absolute atomic E-state index is 10.6. The summed E-state index contributed by atoms with van der Waals surface area (Å²) in [7, 11) is 3.68. The van der Waals surface area contributed by atoms with E-state index in [0.717, 1.165) is 5.69 Å². The third kappa shape index (κ3) is 1.67. The number of carbonyl (C=O) groups excluding carboxylic acids is 1. The fourth-order valence-electron chi connectivity index (χ4n) is 1.15. The molecule has 66 valence electrons. The number of nitriles is 1. The van der Waals surface area contributed by atoms with E-state index in [1.807, 2.05) is 31.1 Å². The van der Waals surface area contributed by atoms with Crippen LogP contribution in [-0.2, 0) is 0 Å². The van der Waals surface area contributed by atoms with E-state index in [1.54, 1.807) is 12.1 Å². The molecule has 0 heterocycles. The molecule has 1 aromatic carbocycles. The summed E-state index contributed by atoms with van der Waals surface area (Å²) in [6.07, 6.45) is 0.700. The molecule has 0 unspecified atom stereocenters. The Morgan fingerprint density at radius 3 is 2.62 bits per heavy atom. The lowest BCUT2D eigenvalue weighted by molar-refractivity contribution is 0.112. The van der Waals surface area contributed by atoms with Crippen molar-refractivity contribution < 1.29 is 4.79 Å². The van der Waals surface area contributed by atoms with Crippen LogP contribution in [0.1, 0.15) is 15.9 Å². The molecule has 0 atom stereocenters. The second-order valence-electron chi connectivity index (χ2n) is 2.87. The number of rotatable bonds is 2. The standard InChI is InChI=1S/C10H10N2O/c1-12(2)10-5-3-4-8(7-13)9(10)6-11/h3-5,7H,1-2H3. The molecular formula is C10H10N2O. The Labute approximate surface area is 77.2 Å². The Morgan fingerprint density at radius 1 is 1.46 bits per heavy atom. The summed E-state index contributed by atoms with van der Waals surface area (Å²) in [5.74, 6) is 0. The van der Waals surface area contributed by atoms with Gasteiger partial charge >= 0.3 is 0 Å². The van der Waals surface area contributed by atoms with Crippen molar-refractivity contribution in [3.63, 3.8) is 0 Å². The monoisotopic (exact) mass is 174 g/mol. The van der Waals surface area contributed by atoms with Crippen LogP contribution in [0.15, 0.2) is 18.2 Å². The minimum atomic E-state index is 0.433. The highest BCUT2D eigenvalue weighted by molar-refractivity contribution is 5.83. The van der Waals surface area contributed by atoms with Crippen LogP contribution >= 0.6 is 0 Å². The van der Waals surface area contributed by atoms with Gasteiger partial charge in [-0.3, -0.25) is 4.79 Å². The number of benzene rings is 1. The van der Waals surface area contributed by atoms with Crippen LogP contribution in [0.3, 0.4) is 0 Å². The van der Waals surface area contributed by atoms with E-state index < -0.39 is 0 Å². The number of aldehydes is 1. The van der Waals surface area contributed by atoms with Gasteiger partial charge in [0.1, 0.15) is 6.07 Å². The quantitative estimate of drug-likeness (QED) is 0.637. The van der Waals surface area contributed by atoms with Gasteiger partial charge in [0.2, 0.25) is 0 Å². The highest BCUT2D eigenvalue weighted by Crippen LogP contribution is 2.19. The Morgan fingerprint density at radius 2 is 2.15 bits per heavy atom. The molecule has 1 aromatic rings. The van der Waals surface area contributed by atoms with Crippen molar-refractivity contribution in [2.24, 2.45) is 0 Å². The molecule has 0 saturated carbocycles. The predicted molar refractivity (Wildman–Crippen MR) is 50.9 cm³/mol. The lowest BCUT2D eigenvalue weighted by Crippen LogP contribution is -2.11. The number of hydrogen-bond acceptors (Lipinski definition) is 3. The van der Waals surface area contributed by atoms with Crippen LogP contribution in [0.2, 0.25) is 0 Å². The van der Waals surface area contributed by atoms with E-state index in [9.17, 15) is 4.79 Å². The van der Waals surface area contributed by atoms with Gasteiger partial charge < -0.3 is 4.90 Å². The molecule has 1 rings (SSSR count). The highest BCUT2D eigenvalue weighted by Gasteiger charge is 2.07. The number of anilines is 1. The van der Waals surface area contributed by atoms with Crippen molar-refractivity contribution in [3.8, 4) is 6.07 Å². The molecule has 3 heteroatoms. The predicted octanol–water partition coefficient (Wildman–Crippen LogP) is 1.44. The summed E-state index contributed by atoms with van der Waals surface area (Å²) in [6, 6.07) is 7.24. The molecule has 0 aliphatic carbocycles. The highest BCUT2D eigenvalue weighted by atomic mass is 16.1. The number of hydrogen-bond donors (Lipinski definition) is 0. The molecule has 0 aliphatic rings. The van der Waals surface area contributed by atoms with Crippen LogP contribution in [0.5, 0.6) is 0 Å². The molecule has 13 heavy (non-hydrogen) atoms. The third-order valence-electron chi connectivity index (χ3n) is 1.80. The minimum Gasteiger partial charge on any atom is -0.377 e. The normalized spacial score (nSPS) is 9.00. The molecule has 0 spiro atoms. The summed E-state index contributed by atoms with van der Waals surface area (Å²) in [4.78, 5) is 12.4. The van der Waals surface area contributed by atoms with E-state index in [1.165, 1.54) is 0 Å². The van der Waals surface area contributed by atoms with E-state index in [-0.39, 0.29) is 0 Å². The van der Waals surface area contributed by atoms with Gasteiger partial charge in [-0.2, -0.15) is 5.26 Å². The first-order valence-corrected chi connectivity index (χ1v) is 3.86. The summed E-state index contributed by atoms with van der Waals surface area (Å²) in [5, 5.41) is 8.84. The summed E-state index contributed by atoms with van der Waals surface area (Å²) in [6.45, 7) is 0. The van der Waals surface area contributed by atoms with Gasteiger partial charge in [0.15, 0.2) is 6.29 Å². The van der Waals surface area contributed by atoms with Crippen molar-refractivity contribution in [2.75, 3.05) is 19.0 Å². The van der Waals surface area contributed by atoms with E-state index in [4.69, 9.17) is 5.26 Å². The molecule has 0 amide bonds. The van der Waals surface area contributed by atoms with Crippen molar-refractivity contribution in [3.05, 3.63) is 29.3 Å². The Hall–Kier alpha value is -1.82. The van der Waals surface area contributed by atoms with E-state index in [0.29, 0.717) is 17.4 Å². The van der Waals surface area contributed by atoms with Crippen LogP contribution in [0.4, 0.5) is 5.69 Å². The van der Waals surface area contributed by atoms with Crippen LogP contribution in [-0.4, -0.2) is 20.4 Å². The van der Waals surface area contributed by atoms with Crippen molar-refractivity contribution in [1.29, 1.82) is 5.26 Å². The van der Waals surface area contributed by atoms with Gasteiger partial charge in [0, 0.05) is 19.7 Å². The minimum absolute atomic E-state index is 0.433.